The third kappa shape index (κ3) is 3.14. The predicted molar refractivity (Wildman–Crippen MR) is 66.7 cm³/mol. The molecule has 18 heavy (non-hydrogen) atoms. The third-order valence-corrected chi connectivity index (χ3v) is 2.44. The summed E-state index contributed by atoms with van der Waals surface area (Å²) in [6, 6.07) is 0.0455. The highest BCUT2D eigenvalue weighted by atomic mass is 35.5. The second kappa shape index (κ2) is 5.74. The topological polar surface area (TPSA) is 88.8 Å². The molecule has 2 N–H and O–H groups in total. The molecule has 8 heteroatoms. The average molecular weight is 269 g/mol. The lowest BCUT2D eigenvalue weighted by Gasteiger charge is -2.12. The fourth-order valence-electron chi connectivity index (χ4n) is 1.38. The highest BCUT2D eigenvalue weighted by Gasteiger charge is 2.08. The summed E-state index contributed by atoms with van der Waals surface area (Å²) in [7, 11) is 0. The van der Waals surface area contributed by atoms with E-state index < -0.39 is 0 Å². The molecule has 0 aliphatic rings. The van der Waals surface area contributed by atoms with E-state index in [4.69, 9.17) is 16.7 Å². The van der Waals surface area contributed by atoms with E-state index in [1.54, 1.807) is 23.3 Å². The number of aliphatic hydroxyl groups excluding tert-OH is 1. The molecule has 0 saturated heterocycles. The Morgan fingerprint density at radius 3 is 2.94 bits per heavy atom. The van der Waals surface area contributed by atoms with Crippen LogP contribution >= 0.6 is 11.6 Å². The molecule has 0 saturated carbocycles. The van der Waals surface area contributed by atoms with E-state index in [1.807, 2.05) is 6.92 Å². The Morgan fingerprint density at radius 2 is 2.28 bits per heavy atom. The Kier molecular flexibility index (Phi) is 4.06. The van der Waals surface area contributed by atoms with Gasteiger partial charge in [0.15, 0.2) is 0 Å². The van der Waals surface area contributed by atoms with Crippen LogP contribution in [0.5, 0.6) is 0 Å². The van der Waals surface area contributed by atoms with Crippen molar-refractivity contribution in [2.24, 2.45) is 0 Å². The number of aliphatic hydroxyl groups is 1. The summed E-state index contributed by atoms with van der Waals surface area (Å²) in [5.74, 6) is 0.769. The molecule has 0 bridgehead atoms. The molecule has 0 radical (unpaired) electrons. The zero-order chi connectivity index (χ0) is 13.0. The van der Waals surface area contributed by atoms with Crippen LogP contribution in [0.1, 0.15) is 13.3 Å². The summed E-state index contributed by atoms with van der Waals surface area (Å²) in [6.45, 7) is 2.02. The van der Waals surface area contributed by atoms with Crippen LogP contribution in [0, 0.1) is 0 Å². The van der Waals surface area contributed by atoms with Gasteiger partial charge in [0.05, 0.1) is 0 Å². The zero-order valence-electron chi connectivity index (χ0n) is 9.78. The molecule has 2 aromatic heterocycles. The number of hydrogen-bond acceptors (Lipinski definition) is 6. The Morgan fingerprint density at radius 1 is 1.44 bits per heavy atom. The van der Waals surface area contributed by atoms with Crippen molar-refractivity contribution < 1.29 is 5.11 Å². The van der Waals surface area contributed by atoms with Crippen LogP contribution in [0.4, 0.5) is 5.95 Å². The summed E-state index contributed by atoms with van der Waals surface area (Å²) >= 11 is 5.84. The number of nitrogens with one attached hydrogen (secondary N) is 1. The van der Waals surface area contributed by atoms with E-state index in [9.17, 15) is 0 Å². The van der Waals surface area contributed by atoms with Crippen molar-refractivity contribution >= 4 is 17.5 Å². The van der Waals surface area contributed by atoms with Gasteiger partial charge in [0.2, 0.25) is 17.2 Å². The Balaban J connectivity index is 2.22. The number of rotatable bonds is 5. The lowest BCUT2D eigenvalue weighted by molar-refractivity contribution is 0.282. The minimum absolute atomic E-state index is 0.0455. The predicted octanol–water partition coefficient (Wildman–Crippen LogP) is 0.893. The number of anilines is 1. The number of halogens is 1. The third-order valence-electron chi connectivity index (χ3n) is 2.27. The fourth-order valence-corrected chi connectivity index (χ4v) is 1.54. The lowest BCUT2D eigenvalue weighted by atomic mass is 10.2. The van der Waals surface area contributed by atoms with Gasteiger partial charge in [-0.25, -0.2) is 4.98 Å². The van der Waals surface area contributed by atoms with Gasteiger partial charge in [0.1, 0.15) is 6.33 Å². The minimum Gasteiger partial charge on any atom is -0.396 e. The molecular weight excluding hydrogens is 256 g/mol. The van der Waals surface area contributed by atoms with Crippen molar-refractivity contribution in [2.75, 3.05) is 11.9 Å². The number of nitrogens with zero attached hydrogens (tertiary/aromatic N) is 5. The van der Waals surface area contributed by atoms with Crippen LogP contribution in [-0.4, -0.2) is 42.3 Å². The monoisotopic (exact) mass is 268 g/mol. The van der Waals surface area contributed by atoms with E-state index in [0.717, 1.165) is 0 Å². The van der Waals surface area contributed by atoms with Gasteiger partial charge < -0.3 is 10.4 Å². The van der Waals surface area contributed by atoms with Crippen molar-refractivity contribution in [3.8, 4) is 5.95 Å². The molecule has 1 unspecified atom stereocenters. The Hall–Kier alpha value is -1.73. The minimum atomic E-state index is 0.0455. The van der Waals surface area contributed by atoms with E-state index >= 15 is 0 Å². The molecule has 2 rings (SSSR count). The first kappa shape index (κ1) is 12.7. The molecule has 0 fully saturated rings. The molecule has 0 aliphatic heterocycles. The van der Waals surface area contributed by atoms with Gasteiger partial charge in [-0.2, -0.15) is 15.0 Å². The fraction of sp³-hybridized carbons (Fsp3) is 0.400. The Labute approximate surface area is 109 Å². The van der Waals surface area contributed by atoms with E-state index in [1.165, 1.54) is 0 Å². The highest BCUT2D eigenvalue weighted by molar-refractivity contribution is 6.28. The van der Waals surface area contributed by atoms with E-state index in [2.05, 4.69) is 25.3 Å². The van der Waals surface area contributed by atoms with Crippen molar-refractivity contribution in [1.29, 1.82) is 0 Å². The molecule has 2 aromatic rings. The highest BCUT2D eigenvalue weighted by Crippen LogP contribution is 2.10. The van der Waals surface area contributed by atoms with Crippen molar-refractivity contribution in [2.45, 2.75) is 19.4 Å². The molecule has 0 aliphatic carbocycles. The van der Waals surface area contributed by atoms with Gasteiger partial charge in [-0.3, -0.25) is 4.57 Å². The summed E-state index contributed by atoms with van der Waals surface area (Å²) in [4.78, 5) is 16.1. The lowest BCUT2D eigenvalue weighted by Crippen LogP contribution is -2.19. The summed E-state index contributed by atoms with van der Waals surface area (Å²) in [5, 5.41) is 12.0. The van der Waals surface area contributed by atoms with Gasteiger partial charge >= 0.3 is 0 Å². The van der Waals surface area contributed by atoms with Gasteiger partial charge in [-0.1, -0.05) is 0 Å². The molecule has 2 heterocycles. The molecule has 7 nitrogen and oxygen atoms in total. The number of imidazole rings is 1. The van der Waals surface area contributed by atoms with Crippen molar-refractivity contribution in [3.05, 3.63) is 24.0 Å². The van der Waals surface area contributed by atoms with Crippen molar-refractivity contribution in [3.63, 3.8) is 0 Å². The van der Waals surface area contributed by atoms with E-state index in [0.29, 0.717) is 18.3 Å². The SMILES string of the molecule is CC(CCO)Nc1nc(Cl)nc(-n2ccnc2)n1. The molecule has 0 amide bonds. The van der Waals surface area contributed by atoms with Gasteiger partial charge in [-0.05, 0) is 24.9 Å². The number of hydrogen-bond donors (Lipinski definition) is 2. The first-order valence-electron chi connectivity index (χ1n) is 5.46. The van der Waals surface area contributed by atoms with E-state index in [-0.39, 0.29) is 17.9 Å². The first-order chi connectivity index (χ1) is 8.69. The first-order valence-corrected chi connectivity index (χ1v) is 5.84. The summed E-state index contributed by atoms with van der Waals surface area (Å²) in [6.07, 6.45) is 5.52. The van der Waals surface area contributed by atoms with Crippen LogP contribution in [0.25, 0.3) is 5.95 Å². The molecule has 0 spiro atoms. The Bertz CT molecular complexity index is 503. The maximum Gasteiger partial charge on any atom is 0.241 e. The number of aromatic nitrogens is 5. The van der Waals surface area contributed by atoms with Gasteiger partial charge in [0.25, 0.3) is 0 Å². The average Bonchev–Trinajstić information content (AvgIpc) is 2.81. The standard InChI is InChI=1S/C10H13ClN6O/c1-7(2-5-18)13-9-14-8(11)15-10(16-9)17-4-3-12-6-17/h3-4,6-7,18H,2,5H2,1H3,(H,13,14,15,16). The van der Waals surface area contributed by atoms with Crippen LogP contribution in [0.3, 0.4) is 0 Å². The maximum absolute atomic E-state index is 8.84. The van der Waals surface area contributed by atoms with Crippen LogP contribution < -0.4 is 5.32 Å². The summed E-state index contributed by atoms with van der Waals surface area (Å²) < 4.78 is 1.63. The smallest absolute Gasteiger partial charge is 0.241 e. The zero-order valence-corrected chi connectivity index (χ0v) is 10.5. The summed E-state index contributed by atoms with van der Waals surface area (Å²) in [5.41, 5.74) is 0. The van der Waals surface area contributed by atoms with Crippen LogP contribution in [0.2, 0.25) is 5.28 Å². The molecule has 96 valence electrons. The normalized spacial score (nSPS) is 12.4. The van der Waals surface area contributed by atoms with Crippen LogP contribution in [0.15, 0.2) is 18.7 Å². The second-order valence-corrected chi connectivity index (χ2v) is 4.09. The largest absolute Gasteiger partial charge is 0.396 e. The second-order valence-electron chi connectivity index (χ2n) is 3.76. The molecule has 0 aromatic carbocycles. The van der Waals surface area contributed by atoms with Crippen LogP contribution in [-0.2, 0) is 0 Å². The van der Waals surface area contributed by atoms with Gasteiger partial charge in [-0.15, -0.1) is 0 Å². The van der Waals surface area contributed by atoms with Crippen molar-refractivity contribution in [1.82, 2.24) is 24.5 Å². The van der Waals surface area contributed by atoms with Gasteiger partial charge in [0, 0.05) is 25.0 Å². The molecule has 1 atom stereocenters. The molecular formula is C10H13ClN6O. The maximum atomic E-state index is 8.84. The quantitative estimate of drug-likeness (QED) is 0.837.